The van der Waals surface area contributed by atoms with Crippen molar-refractivity contribution >= 4 is 21.6 Å². The lowest BCUT2D eigenvalue weighted by Gasteiger charge is -2.15. The highest BCUT2D eigenvalue weighted by Crippen LogP contribution is 2.29. The van der Waals surface area contributed by atoms with E-state index in [1.165, 1.54) is 6.07 Å². The fraction of sp³-hybridized carbons (Fsp3) is 0.538. The van der Waals surface area contributed by atoms with Gasteiger partial charge in [-0.05, 0) is 47.8 Å². The zero-order valence-corrected chi connectivity index (χ0v) is 12.4. The van der Waals surface area contributed by atoms with Crippen LogP contribution >= 0.6 is 15.9 Å². The number of hydrogen-bond acceptors (Lipinski definition) is 3. The van der Waals surface area contributed by atoms with Crippen LogP contribution in [0.5, 0.6) is 0 Å². The first-order valence-corrected chi connectivity index (χ1v) is 6.98. The van der Waals surface area contributed by atoms with Crippen LogP contribution in [0.3, 0.4) is 0 Å². The van der Waals surface area contributed by atoms with Crippen molar-refractivity contribution in [3.05, 3.63) is 38.3 Å². The second-order valence-corrected chi connectivity index (χ2v) is 5.11. The zero-order chi connectivity index (χ0) is 13.5. The highest BCUT2D eigenvalue weighted by molar-refractivity contribution is 9.10. The van der Waals surface area contributed by atoms with Gasteiger partial charge < -0.3 is 5.32 Å². The Bertz CT molecular complexity index is 410. The molecule has 1 N–H and O–H groups in total. The molecule has 0 aliphatic rings. The molecule has 0 aliphatic heterocycles. The summed E-state index contributed by atoms with van der Waals surface area (Å²) in [6.45, 7) is 2.16. The van der Waals surface area contributed by atoms with Gasteiger partial charge in [-0.1, -0.05) is 25.5 Å². The molecule has 1 unspecified atom stereocenters. The molecule has 0 bridgehead atoms. The number of rotatable bonds is 7. The molecule has 0 heterocycles. The molecule has 0 aromatic heterocycles. The summed E-state index contributed by atoms with van der Waals surface area (Å²) in [7, 11) is 1.96. The number of benzene rings is 1. The van der Waals surface area contributed by atoms with Crippen LogP contribution in [0.4, 0.5) is 5.69 Å². The predicted octanol–water partition coefficient (Wildman–Crippen LogP) is 3.68. The van der Waals surface area contributed by atoms with Crippen LogP contribution in [0.25, 0.3) is 0 Å². The van der Waals surface area contributed by atoms with E-state index in [2.05, 4.69) is 28.2 Å². The molecule has 5 heteroatoms. The molecule has 0 aliphatic carbocycles. The molecule has 1 atom stereocenters. The normalized spacial score (nSPS) is 12.4. The van der Waals surface area contributed by atoms with Gasteiger partial charge in [-0.3, -0.25) is 10.1 Å². The largest absolute Gasteiger partial charge is 0.317 e. The van der Waals surface area contributed by atoms with Crippen molar-refractivity contribution in [2.24, 2.45) is 0 Å². The van der Waals surface area contributed by atoms with Gasteiger partial charge in [0, 0.05) is 12.1 Å². The Morgan fingerprint density at radius 2 is 2.17 bits per heavy atom. The van der Waals surface area contributed by atoms with Gasteiger partial charge in [0.1, 0.15) is 0 Å². The lowest BCUT2D eigenvalue weighted by atomic mass is 10.0. The highest BCUT2D eigenvalue weighted by atomic mass is 79.9. The predicted molar refractivity (Wildman–Crippen MR) is 76.9 cm³/mol. The summed E-state index contributed by atoms with van der Waals surface area (Å²) in [6, 6.07) is 5.68. The first-order chi connectivity index (χ1) is 8.60. The molecule has 1 aromatic carbocycles. The van der Waals surface area contributed by atoms with Gasteiger partial charge in [-0.25, -0.2) is 0 Å². The van der Waals surface area contributed by atoms with Crippen molar-refractivity contribution in [3.63, 3.8) is 0 Å². The Morgan fingerprint density at radius 3 is 2.72 bits per heavy atom. The summed E-state index contributed by atoms with van der Waals surface area (Å²) in [4.78, 5) is 10.5. The fourth-order valence-electron chi connectivity index (χ4n) is 2.01. The van der Waals surface area contributed by atoms with Gasteiger partial charge in [0.15, 0.2) is 0 Å². The molecule has 100 valence electrons. The topological polar surface area (TPSA) is 55.2 Å². The molecule has 0 amide bonds. The van der Waals surface area contributed by atoms with Crippen molar-refractivity contribution in [2.45, 2.75) is 38.6 Å². The van der Waals surface area contributed by atoms with Crippen LogP contribution in [-0.2, 0) is 6.42 Å². The average molecular weight is 315 g/mol. The second kappa shape index (κ2) is 7.48. The molecule has 0 saturated heterocycles. The minimum atomic E-state index is -0.352. The second-order valence-electron chi connectivity index (χ2n) is 4.32. The van der Waals surface area contributed by atoms with Gasteiger partial charge in [-0.2, -0.15) is 0 Å². The highest BCUT2D eigenvalue weighted by Gasteiger charge is 2.15. The molecule has 1 aromatic rings. The van der Waals surface area contributed by atoms with Crippen molar-refractivity contribution in [2.75, 3.05) is 7.05 Å². The van der Waals surface area contributed by atoms with Crippen LogP contribution in [0.15, 0.2) is 22.7 Å². The van der Waals surface area contributed by atoms with Crippen LogP contribution in [0, 0.1) is 10.1 Å². The maximum atomic E-state index is 10.8. The molecule has 0 saturated carbocycles. The first-order valence-electron chi connectivity index (χ1n) is 6.19. The minimum Gasteiger partial charge on any atom is -0.317 e. The third-order valence-electron chi connectivity index (χ3n) is 3.06. The average Bonchev–Trinajstić information content (AvgIpc) is 2.35. The monoisotopic (exact) mass is 314 g/mol. The van der Waals surface area contributed by atoms with E-state index < -0.39 is 0 Å². The lowest BCUT2D eigenvalue weighted by Crippen LogP contribution is -2.25. The number of hydrogen-bond donors (Lipinski definition) is 1. The number of aryl methyl sites for hydroxylation is 1. The van der Waals surface area contributed by atoms with E-state index in [0.717, 1.165) is 31.2 Å². The Balaban J connectivity index is 2.73. The summed E-state index contributed by atoms with van der Waals surface area (Å²) in [5.74, 6) is 0. The van der Waals surface area contributed by atoms with Crippen molar-refractivity contribution in [1.29, 1.82) is 0 Å². The first kappa shape index (κ1) is 15.1. The summed E-state index contributed by atoms with van der Waals surface area (Å²) in [6.07, 6.45) is 4.10. The summed E-state index contributed by atoms with van der Waals surface area (Å²) in [5.41, 5.74) is 1.14. The number of nitrogens with one attached hydrogen (secondary N) is 1. The molecule has 0 spiro atoms. The van der Waals surface area contributed by atoms with Gasteiger partial charge in [0.25, 0.3) is 5.69 Å². The van der Waals surface area contributed by atoms with Gasteiger partial charge in [0.2, 0.25) is 0 Å². The molecule has 0 radical (unpaired) electrons. The van der Waals surface area contributed by atoms with E-state index >= 15 is 0 Å². The van der Waals surface area contributed by atoms with Crippen molar-refractivity contribution < 1.29 is 4.92 Å². The number of nitro groups is 1. The maximum Gasteiger partial charge on any atom is 0.283 e. The van der Waals surface area contributed by atoms with E-state index in [4.69, 9.17) is 0 Å². The van der Waals surface area contributed by atoms with Crippen molar-refractivity contribution in [1.82, 2.24) is 5.32 Å². The Hall–Kier alpha value is -0.940. The van der Waals surface area contributed by atoms with Gasteiger partial charge >= 0.3 is 0 Å². The van der Waals surface area contributed by atoms with E-state index in [0.29, 0.717) is 10.5 Å². The van der Waals surface area contributed by atoms with E-state index in [-0.39, 0.29) is 10.6 Å². The SMILES string of the molecule is CCCC(CCc1cccc([N+](=O)[O-])c1Br)NC. The van der Waals surface area contributed by atoms with E-state index in [9.17, 15) is 10.1 Å². The number of halogens is 1. The maximum absolute atomic E-state index is 10.8. The molecular formula is C13H19BrN2O2. The Morgan fingerprint density at radius 1 is 1.44 bits per heavy atom. The summed E-state index contributed by atoms with van der Waals surface area (Å²) in [5, 5.41) is 14.1. The number of nitro benzene ring substituents is 1. The zero-order valence-electron chi connectivity index (χ0n) is 10.8. The molecule has 1 rings (SSSR count). The standard InChI is InChI=1S/C13H19BrN2O2/c1-3-5-11(15-2)9-8-10-6-4-7-12(13(10)14)16(17)18/h4,6-7,11,15H,3,5,8-9H2,1-2H3. The summed E-state index contributed by atoms with van der Waals surface area (Å²) >= 11 is 3.33. The molecule has 4 nitrogen and oxygen atoms in total. The van der Waals surface area contributed by atoms with Gasteiger partial charge in [0.05, 0.1) is 9.40 Å². The van der Waals surface area contributed by atoms with Crippen molar-refractivity contribution in [3.8, 4) is 0 Å². The molecular weight excluding hydrogens is 296 g/mol. The van der Waals surface area contributed by atoms with Crippen LogP contribution in [0.2, 0.25) is 0 Å². The van der Waals surface area contributed by atoms with E-state index in [1.54, 1.807) is 6.07 Å². The van der Waals surface area contributed by atoms with Crippen LogP contribution in [0.1, 0.15) is 31.7 Å². The Labute approximate surface area is 116 Å². The third-order valence-corrected chi connectivity index (χ3v) is 3.98. The fourth-order valence-corrected chi connectivity index (χ4v) is 2.62. The minimum absolute atomic E-state index is 0.143. The third kappa shape index (κ3) is 4.07. The lowest BCUT2D eigenvalue weighted by molar-refractivity contribution is -0.385. The van der Waals surface area contributed by atoms with Gasteiger partial charge in [-0.15, -0.1) is 0 Å². The van der Waals surface area contributed by atoms with Crippen LogP contribution < -0.4 is 5.32 Å². The Kier molecular flexibility index (Phi) is 6.29. The quantitative estimate of drug-likeness (QED) is 0.617. The van der Waals surface area contributed by atoms with E-state index in [1.807, 2.05) is 13.1 Å². The summed E-state index contributed by atoms with van der Waals surface area (Å²) < 4.78 is 0.612. The number of nitrogens with zero attached hydrogens (tertiary/aromatic N) is 1. The molecule has 18 heavy (non-hydrogen) atoms. The smallest absolute Gasteiger partial charge is 0.283 e. The van der Waals surface area contributed by atoms with Crippen LogP contribution in [-0.4, -0.2) is 18.0 Å². The molecule has 0 fully saturated rings.